The molecule has 3 N–H and O–H groups in total. The van der Waals surface area contributed by atoms with Gasteiger partial charge in [-0.3, -0.25) is 37.3 Å². The third-order valence-corrected chi connectivity index (χ3v) is 24.0. The van der Waals surface area contributed by atoms with Gasteiger partial charge in [0.15, 0.2) is 12.2 Å². The Morgan fingerprint density at radius 3 is 0.640 bits per heavy atom. The molecule has 0 aromatic rings. The second-order valence-corrected chi connectivity index (χ2v) is 36.2. The highest BCUT2D eigenvalue weighted by atomic mass is 31.2. The Hall–Kier alpha value is -1.94. The van der Waals surface area contributed by atoms with E-state index in [0.29, 0.717) is 25.7 Å². The molecule has 17 nitrogen and oxygen atoms in total. The fraction of sp³-hybridized carbons (Fsp3) is 0.957. The van der Waals surface area contributed by atoms with Crippen molar-refractivity contribution in [3.8, 4) is 0 Å². The first kappa shape index (κ1) is 109. The predicted molar refractivity (Wildman–Crippen MR) is 460 cm³/mol. The lowest BCUT2D eigenvalue weighted by molar-refractivity contribution is -0.161. The summed E-state index contributed by atoms with van der Waals surface area (Å²) in [6.07, 6.45) is 80.7. The molecule has 19 heteroatoms. The lowest BCUT2D eigenvalue weighted by Crippen LogP contribution is -2.30. The Bertz CT molecular complexity index is 2100. The van der Waals surface area contributed by atoms with Crippen LogP contribution < -0.4 is 0 Å². The van der Waals surface area contributed by atoms with Crippen molar-refractivity contribution in [3.63, 3.8) is 0 Å². The van der Waals surface area contributed by atoms with Gasteiger partial charge in [0.2, 0.25) is 0 Å². The van der Waals surface area contributed by atoms with Crippen LogP contribution in [0.5, 0.6) is 0 Å². The molecule has 0 aromatic carbocycles. The normalized spacial score (nSPS) is 13.9. The first-order valence-electron chi connectivity index (χ1n) is 47.7. The maximum atomic E-state index is 13.2. The fourth-order valence-corrected chi connectivity index (χ4v) is 16.1. The quantitative estimate of drug-likeness (QED) is 0.0222. The third kappa shape index (κ3) is 84.3. The van der Waals surface area contributed by atoms with Gasteiger partial charge in [0.25, 0.3) is 0 Å². The molecule has 0 fully saturated rings. The second-order valence-electron chi connectivity index (χ2n) is 33.3. The highest BCUT2D eigenvalue weighted by Crippen LogP contribution is 2.45. The van der Waals surface area contributed by atoms with Gasteiger partial charge < -0.3 is 33.8 Å². The Morgan fingerprint density at radius 2 is 0.432 bits per heavy atom. The summed E-state index contributed by atoms with van der Waals surface area (Å²) in [4.78, 5) is 73.5. The molecule has 0 rings (SSSR count). The summed E-state index contributed by atoms with van der Waals surface area (Å²) in [5, 5.41) is 10.7. The monoisotopic (exact) mass is 1620 g/mol. The number of carbonyl (C=O) groups excluding carboxylic acids is 4. The van der Waals surface area contributed by atoms with Gasteiger partial charge in [0.05, 0.1) is 26.4 Å². The van der Waals surface area contributed by atoms with Crippen molar-refractivity contribution in [1.82, 2.24) is 0 Å². The molecular formula is C92H180O17P2. The molecular weight excluding hydrogens is 1440 g/mol. The second kappa shape index (κ2) is 84.5. The number of carbonyl (C=O) groups is 4. The molecule has 111 heavy (non-hydrogen) atoms. The first-order valence-corrected chi connectivity index (χ1v) is 50.7. The number of phosphoric acid groups is 2. The molecule has 0 spiro atoms. The zero-order valence-corrected chi connectivity index (χ0v) is 74.9. The van der Waals surface area contributed by atoms with Gasteiger partial charge >= 0.3 is 39.5 Å². The van der Waals surface area contributed by atoms with E-state index in [2.05, 4.69) is 34.6 Å². The summed E-state index contributed by atoms with van der Waals surface area (Å²) in [6, 6.07) is 0. The van der Waals surface area contributed by atoms with Crippen LogP contribution in [-0.2, 0) is 65.4 Å². The Kier molecular flexibility index (Phi) is 83.0. The molecule has 6 atom stereocenters. The van der Waals surface area contributed by atoms with E-state index in [0.717, 1.165) is 95.8 Å². The molecule has 0 saturated carbocycles. The van der Waals surface area contributed by atoms with Gasteiger partial charge in [-0.2, -0.15) is 0 Å². The summed E-state index contributed by atoms with van der Waals surface area (Å²) in [5.74, 6) is -1.32. The summed E-state index contributed by atoms with van der Waals surface area (Å²) in [5.41, 5.74) is 0. The lowest BCUT2D eigenvalue weighted by atomic mass is 9.99. The lowest BCUT2D eigenvalue weighted by Gasteiger charge is -2.21. The van der Waals surface area contributed by atoms with E-state index >= 15 is 0 Å². The van der Waals surface area contributed by atoms with E-state index in [1.54, 1.807) is 0 Å². The van der Waals surface area contributed by atoms with Crippen LogP contribution >= 0.6 is 15.6 Å². The molecule has 0 bridgehead atoms. The molecule has 0 aliphatic rings. The molecule has 0 aliphatic heterocycles. The van der Waals surface area contributed by atoms with Gasteiger partial charge in [-0.05, 0) is 31.6 Å². The van der Waals surface area contributed by atoms with Crippen molar-refractivity contribution in [2.75, 3.05) is 39.6 Å². The van der Waals surface area contributed by atoms with E-state index < -0.39 is 97.5 Å². The minimum Gasteiger partial charge on any atom is -0.462 e. The molecule has 3 unspecified atom stereocenters. The van der Waals surface area contributed by atoms with Gasteiger partial charge in [0, 0.05) is 25.7 Å². The SMILES string of the molecule is CCCCCCCCCCCCCCCCCCCCCCC(=O)OC[C@H](COP(=O)(O)OC[C@@H](O)COP(=O)(O)OC[C@@H](COC(=O)CCCCCCCCCCC(C)CC)OC(=O)CCCCCCCCCCCCCCCCCCCCC)OC(=O)CCCCCCCCCCCCCCCCCCCCCC. The Balaban J connectivity index is 5.25. The van der Waals surface area contributed by atoms with Gasteiger partial charge in [-0.25, -0.2) is 9.13 Å². The minimum atomic E-state index is -4.97. The largest absolute Gasteiger partial charge is 0.472 e. The average Bonchev–Trinajstić information content (AvgIpc) is 0.895. The number of phosphoric ester groups is 2. The van der Waals surface area contributed by atoms with Crippen molar-refractivity contribution in [2.45, 2.75) is 522 Å². The van der Waals surface area contributed by atoms with Crippen LogP contribution in [0.4, 0.5) is 0 Å². The average molecular weight is 1620 g/mol. The summed E-state index contributed by atoms with van der Waals surface area (Å²) in [7, 11) is -9.94. The maximum Gasteiger partial charge on any atom is 0.472 e. The third-order valence-electron chi connectivity index (χ3n) is 22.1. The van der Waals surface area contributed by atoms with E-state index in [1.165, 1.54) is 327 Å². The zero-order valence-electron chi connectivity index (χ0n) is 73.1. The van der Waals surface area contributed by atoms with Crippen molar-refractivity contribution in [3.05, 3.63) is 0 Å². The number of hydrogen-bond donors (Lipinski definition) is 3. The van der Waals surface area contributed by atoms with Crippen LogP contribution in [0, 0.1) is 5.92 Å². The number of aliphatic hydroxyl groups excluding tert-OH is 1. The molecule has 0 saturated heterocycles. The minimum absolute atomic E-state index is 0.109. The van der Waals surface area contributed by atoms with Crippen LogP contribution in [0.3, 0.4) is 0 Å². The van der Waals surface area contributed by atoms with E-state index in [1.807, 2.05) is 0 Å². The van der Waals surface area contributed by atoms with Crippen molar-refractivity contribution >= 4 is 39.5 Å². The van der Waals surface area contributed by atoms with E-state index in [4.69, 9.17) is 37.0 Å². The van der Waals surface area contributed by atoms with Gasteiger partial charge in [0.1, 0.15) is 19.3 Å². The molecule has 660 valence electrons. The van der Waals surface area contributed by atoms with E-state index in [9.17, 15) is 43.2 Å². The first-order chi connectivity index (χ1) is 54.1. The number of aliphatic hydroxyl groups is 1. The molecule has 0 aromatic heterocycles. The molecule has 0 heterocycles. The van der Waals surface area contributed by atoms with E-state index in [-0.39, 0.29) is 25.7 Å². The van der Waals surface area contributed by atoms with Crippen LogP contribution in [0.2, 0.25) is 0 Å². The van der Waals surface area contributed by atoms with Crippen LogP contribution in [0.1, 0.15) is 503 Å². The molecule has 0 amide bonds. The van der Waals surface area contributed by atoms with Crippen molar-refractivity contribution in [1.29, 1.82) is 0 Å². The van der Waals surface area contributed by atoms with Crippen molar-refractivity contribution in [2.24, 2.45) is 5.92 Å². The van der Waals surface area contributed by atoms with Crippen molar-refractivity contribution < 1.29 is 80.2 Å². The fourth-order valence-electron chi connectivity index (χ4n) is 14.5. The van der Waals surface area contributed by atoms with Gasteiger partial charge in [-0.15, -0.1) is 0 Å². The Morgan fingerprint density at radius 1 is 0.252 bits per heavy atom. The van der Waals surface area contributed by atoms with Gasteiger partial charge in [-0.1, -0.05) is 452 Å². The molecule has 0 aliphatic carbocycles. The maximum absolute atomic E-state index is 13.2. The summed E-state index contributed by atoms with van der Waals surface area (Å²) >= 11 is 0. The standard InChI is InChI=1S/C92H180O17P2/c1-6-10-13-16-19-22-25-28-31-34-37-40-42-45-48-51-54-60-65-70-75-89(94)102-81-87(108-91(96)77-72-68-63-56-53-50-47-44-41-38-35-32-29-26-23-20-17-14-11-7-2)83-106-110(98,99)104-79-86(93)80-105-111(100,101)107-84-88(82-103-90(95)76-71-66-61-58-57-59-64-69-74-85(5)9-4)109-92(97)78-73-67-62-55-52-49-46-43-39-36-33-30-27-24-21-18-15-12-8-3/h85-88,93H,6-84H2,1-5H3,(H,98,99)(H,100,101)/t85?,86-,87-,88-/m1/s1. The number of unbranched alkanes of at least 4 members (excludes halogenated alkanes) is 63. The molecule has 0 radical (unpaired) electrons. The van der Waals surface area contributed by atoms with Crippen LogP contribution in [0.25, 0.3) is 0 Å². The highest BCUT2D eigenvalue weighted by molar-refractivity contribution is 7.47. The topological polar surface area (TPSA) is 237 Å². The zero-order chi connectivity index (χ0) is 81.1. The predicted octanol–water partition coefficient (Wildman–Crippen LogP) is 28.7. The Labute approximate surface area is 683 Å². The van der Waals surface area contributed by atoms with Crippen LogP contribution in [0.15, 0.2) is 0 Å². The number of rotatable bonds is 92. The number of ether oxygens (including phenoxy) is 4. The summed E-state index contributed by atoms with van der Waals surface area (Å²) < 4.78 is 69.1. The summed E-state index contributed by atoms with van der Waals surface area (Å²) in [6.45, 7) is 7.41. The number of hydrogen-bond acceptors (Lipinski definition) is 15. The smallest absolute Gasteiger partial charge is 0.462 e. The highest BCUT2D eigenvalue weighted by Gasteiger charge is 2.31. The number of esters is 4. The van der Waals surface area contributed by atoms with Crippen LogP contribution in [-0.4, -0.2) is 96.7 Å².